The molecule has 164 valence electrons. The zero-order chi connectivity index (χ0) is 22.5. The average Bonchev–Trinajstić information content (AvgIpc) is 3.60. The molecule has 0 radical (unpaired) electrons. The van der Waals surface area contributed by atoms with Crippen molar-refractivity contribution in [3.8, 4) is 0 Å². The van der Waals surface area contributed by atoms with Gasteiger partial charge < -0.3 is 15.0 Å². The van der Waals surface area contributed by atoms with E-state index in [1.165, 1.54) is 4.90 Å². The van der Waals surface area contributed by atoms with Gasteiger partial charge in [0.15, 0.2) is 6.10 Å². The van der Waals surface area contributed by atoms with E-state index >= 15 is 0 Å². The first-order valence-electron chi connectivity index (χ1n) is 10.5. The van der Waals surface area contributed by atoms with Gasteiger partial charge in [-0.05, 0) is 48.2 Å². The molecule has 32 heavy (non-hydrogen) atoms. The first kappa shape index (κ1) is 21.2. The van der Waals surface area contributed by atoms with Gasteiger partial charge in [-0.2, -0.15) is 0 Å². The van der Waals surface area contributed by atoms with E-state index in [1.54, 1.807) is 24.3 Å². The van der Waals surface area contributed by atoms with E-state index in [4.69, 9.17) is 28.2 Å². The van der Waals surface area contributed by atoms with E-state index in [-0.39, 0.29) is 17.5 Å². The standard InChI is InChI=1S/C24H21Cl2N3O3/c25-16-6-4-15(5-7-16)24(9-10-24)23-27-19-8-11-29(13-18(19)21(31)28-23)22(32)20(30)14-2-1-3-17(26)12-14/h1-7,12,20,30H,8-11,13H2,(H,27,28,31)/t20-/m1/s1. The molecule has 1 aliphatic carbocycles. The third-order valence-corrected chi connectivity index (χ3v) is 6.87. The minimum Gasteiger partial charge on any atom is -0.378 e. The van der Waals surface area contributed by atoms with Crippen LogP contribution in [0, 0.1) is 0 Å². The third kappa shape index (κ3) is 3.72. The molecule has 8 heteroatoms. The number of benzene rings is 2. The first-order chi connectivity index (χ1) is 15.4. The van der Waals surface area contributed by atoms with Gasteiger partial charge in [-0.3, -0.25) is 9.59 Å². The lowest BCUT2D eigenvalue weighted by Crippen LogP contribution is -2.42. The Labute approximate surface area is 194 Å². The van der Waals surface area contributed by atoms with Gasteiger partial charge in [0.05, 0.1) is 23.2 Å². The molecule has 1 atom stereocenters. The van der Waals surface area contributed by atoms with Crippen LogP contribution < -0.4 is 5.56 Å². The molecule has 6 nitrogen and oxygen atoms in total. The van der Waals surface area contributed by atoms with Crippen LogP contribution in [-0.2, 0) is 23.2 Å². The fourth-order valence-electron chi connectivity index (χ4n) is 4.39. The van der Waals surface area contributed by atoms with Crippen LogP contribution >= 0.6 is 23.2 Å². The minimum atomic E-state index is -1.33. The van der Waals surface area contributed by atoms with Crippen molar-refractivity contribution in [2.75, 3.05) is 6.54 Å². The van der Waals surface area contributed by atoms with Gasteiger partial charge in [0.2, 0.25) is 0 Å². The van der Waals surface area contributed by atoms with Crippen molar-refractivity contribution >= 4 is 29.1 Å². The van der Waals surface area contributed by atoms with Crippen molar-refractivity contribution in [2.24, 2.45) is 0 Å². The van der Waals surface area contributed by atoms with Crippen molar-refractivity contribution in [3.05, 3.63) is 97.1 Å². The van der Waals surface area contributed by atoms with Crippen molar-refractivity contribution in [2.45, 2.75) is 37.3 Å². The molecule has 5 rings (SSSR count). The van der Waals surface area contributed by atoms with Crippen LogP contribution in [-0.4, -0.2) is 32.4 Å². The lowest BCUT2D eigenvalue weighted by molar-refractivity contribution is -0.141. The molecule has 0 unspecified atom stereocenters. The lowest BCUT2D eigenvalue weighted by atomic mass is 9.94. The summed E-state index contributed by atoms with van der Waals surface area (Å²) in [6.45, 7) is 0.496. The second kappa shape index (κ2) is 8.03. The number of carbonyl (C=O) groups is 1. The molecule has 2 aromatic carbocycles. The summed E-state index contributed by atoms with van der Waals surface area (Å²) in [6, 6.07) is 14.2. The number of nitrogens with zero attached hydrogens (tertiary/aromatic N) is 2. The highest BCUT2D eigenvalue weighted by atomic mass is 35.5. The van der Waals surface area contributed by atoms with Crippen LogP contribution in [0.4, 0.5) is 0 Å². The molecule has 0 saturated heterocycles. The smallest absolute Gasteiger partial charge is 0.256 e. The Morgan fingerprint density at radius 3 is 2.56 bits per heavy atom. The molecule has 1 aromatic heterocycles. The summed E-state index contributed by atoms with van der Waals surface area (Å²) in [7, 11) is 0. The van der Waals surface area contributed by atoms with Gasteiger partial charge in [0.1, 0.15) is 5.82 Å². The molecule has 1 aliphatic heterocycles. The van der Waals surface area contributed by atoms with Gasteiger partial charge in [-0.1, -0.05) is 47.5 Å². The molecule has 1 amide bonds. The quantitative estimate of drug-likeness (QED) is 0.608. The molecule has 2 aliphatic rings. The van der Waals surface area contributed by atoms with E-state index in [2.05, 4.69) is 4.98 Å². The molecular formula is C24H21Cl2N3O3. The topological polar surface area (TPSA) is 86.3 Å². The number of carbonyl (C=O) groups excluding carboxylic acids is 1. The number of nitrogens with one attached hydrogen (secondary N) is 1. The zero-order valence-corrected chi connectivity index (χ0v) is 18.7. The number of hydrogen-bond donors (Lipinski definition) is 2. The van der Waals surface area contributed by atoms with Gasteiger partial charge in [0, 0.05) is 23.0 Å². The van der Waals surface area contributed by atoms with E-state index in [0.717, 1.165) is 18.4 Å². The highest BCUT2D eigenvalue weighted by Crippen LogP contribution is 2.52. The van der Waals surface area contributed by atoms with Crippen LogP contribution in [0.1, 0.15) is 47.2 Å². The molecular weight excluding hydrogens is 449 g/mol. The SMILES string of the molecule is O=C([C@H](O)c1cccc(Cl)c1)N1CCc2nc(C3(c4ccc(Cl)cc4)CC3)[nH]c(=O)c2C1. The van der Waals surface area contributed by atoms with Crippen molar-refractivity contribution in [3.63, 3.8) is 0 Å². The van der Waals surface area contributed by atoms with Crippen LogP contribution in [0.3, 0.4) is 0 Å². The van der Waals surface area contributed by atoms with E-state index < -0.39 is 12.0 Å². The summed E-state index contributed by atoms with van der Waals surface area (Å²) in [5.74, 6) is 0.212. The Morgan fingerprint density at radius 1 is 1.12 bits per heavy atom. The molecule has 2 N–H and O–H groups in total. The normalized spacial score (nSPS) is 17.5. The summed E-state index contributed by atoms with van der Waals surface area (Å²) in [5.41, 5.74) is 2.18. The number of aromatic amines is 1. The summed E-state index contributed by atoms with van der Waals surface area (Å²) in [6.07, 6.45) is 0.942. The Hall–Kier alpha value is -2.67. The summed E-state index contributed by atoms with van der Waals surface area (Å²) < 4.78 is 0. The van der Waals surface area contributed by atoms with Crippen molar-refractivity contribution in [1.82, 2.24) is 14.9 Å². The summed E-state index contributed by atoms with van der Waals surface area (Å²) >= 11 is 12.0. The molecule has 1 saturated carbocycles. The fourth-order valence-corrected chi connectivity index (χ4v) is 4.71. The fraction of sp³-hybridized carbons (Fsp3) is 0.292. The summed E-state index contributed by atoms with van der Waals surface area (Å²) in [5, 5.41) is 11.6. The first-order valence-corrected chi connectivity index (χ1v) is 11.2. The number of fused-ring (bicyclic) bond motifs is 1. The lowest BCUT2D eigenvalue weighted by Gasteiger charge is -2.30. The maximum absolute atomic E-state index is 13.0. The zero-order valence-electron chi connectivity index (χ0n) is 17.1. The van der Waals surface area contributed by atoms with Gasteiger partial charge in [-0.25, -0.2) is 4.98 Å². The minimum absolute atomic E-state index is 0.113. The molecule has 2 heterocycles. The Bertz CT molecular complexity index is 1250. The van der Waals surface area contributed by atoms with Crippen LogP contribution in [0.15, 0.2) is 53.3 Å². The van der Waals surface area contributed by atoms with Crippen LogP contribution in [0.25, 0.3) is 0 Å². The predicted octanol–water partition coefficient (Wildman–Crippen LogP) is 3.77. The largest absolute Gasteiger partial charge is 0.378 e. The molecule has 1 fully saturated rings. The second-order valence-corrected chi connectivity index (χ2v) is 9.27. The van der Waals surface area contributed by atoms with Crippen LogP contribution in [0.2, 0.25) is 10.0 Å². The van der Waals surface area contributed by atoms with Crippen molar-refractivity contribution in [1.29, 1.82) is 0 Å². The number of hydrogen-bond acceptors (Lipinski definition) is 4. The van der Waals surface area contributed by atoms with E-state index in [1.807, 2.05) is 24.3 Å². The van der Waals surface area contributed by atoms with E-state index in [0.29, 0.717) is 45.7 Å². The van der Waals surface area contributed by atoms with Crippen molar-refractivity contribution < 1.29 is 9.90 Å². The third-order valence-electron chi connectivity index (χ3n) is 6.38. The molecule has 0 spiro atoms. The Kier molecular flexibility index (Phi) is 5.32. The number of aromatic nitrogens is 2. The second-order valence-electron chi connectivity index (χ2n) is 8.40. The maximum atomic E-state index is 13.0. The highest BCUT2D eigenvalue weighted by Gasteiger charge is 2.48. The van der Waals surface area contributed by atoms with E-state index in [9.17, 15) is 14.7 Å². The summed E-state index contributed by atoms with van der Waals surface area (Å²) in [4.78, 5) is 35.1. The Balaban J connectivity index is 1.40. The highest BCUT2D eigenvalue weighted by molar-refractivity contribution is 6.30. The average molecular weight is 470 g/mol. The number of aliphatic hydroxyl groups is 1. The number of amides is 1. The van der Waals surface area contributed by atoms with Crippen LogP contribution in [0.5, 0.6) is 0 Å². The Morgan fingerprint density at radius 2 is 1.88 bits per heavy atom. The number of halogens is 2. The molecule has 3 aromatic rings. The number of rotatable bonds is 4. The predicted molar refractivity (Wildman–Crippen MR) is 122 cm³/mol. The number of aliphatic hydroxyl groups excluding tert-OH is 1. The monoisotopic (exact) mass is 469 g/mol. The molecule has 0 bridgehead atoms. The number of H-pyrrole nitrogens is 1. The van der Waals surface area contributed by atoms with Gasteiger partial charge in [0.25, 0.3) is 11.5 Å². The van der Waals surface area contributed by atoms with Gasteiger partial charge >= 0.3 is 0 Å². The maximum Gasteiger partial charge on any atom is 0.256 e. The van der Waals surface area contributed by atoms with Gasteiger partial charge in [-0.15, -0.1) is 0 Å².